The Kier molecular flexibility index (Phi) is 6.42. The number of aromatic nitrogens is 2. The van der Waals surface area contributed by atoms with E-state index in [0.29, 0.717) is 22.2 Å². The van der Waals surface area contributed by atoms with Crippen molar-refractivity contribution in [2.45, 2.75) is 18.2 Å². The molecule has 4 rings (SSSR count). The second kappa shape index (κ2) is 9.10. The quantitative estimate of drug-likeness (QED) is 0.359. The molecule has 0 bridgehead atoms. The summed E-state index contributed by atoms with van der Waals surface area (Å²) in [6.07, 6.45) is 2.50. The van der Waals surface area contributed by atoms with Gasteiger partial charge in [-0.3, -0.25) is 0 Å². The van der Waals surface area contributed by atoms with Gasteiger partial charge in [0.15, 0.2) is 9.84 Å². The lowest BCUT2D eigenvalue weighted by molar-refractivity contribution is 0.284. The van der Waals surface area contributed by atoms with Gasteiger partial charge in [0.1, 0.15) is 11.4 Å². The molecule has 168 valence electrons. The molecule has 0 saturated heterocycles. The molecule has 0 aliphatic rings. The lowest BCUT2D eigenvalue weighted by Crippen LogP contribution is -2.15. The number of sulfone groups is 1. The number of halogens is 1. The average Bonchev–Trinajstić information content (AvgIpc) is 3.15. The largest absolute Gasteiger partial charge is 0.491 e. The second-order valence-electron chi connectivity index (χ2n) is 7.97. The van der Waals surface area contributed by atoms with E-state index in [4.69, 9.17) is 16.3 Å². The fourth-order valence-corrected chi connectivity index (χ4v) is 4.87. The zero-order valence-electron chi connectivity index (χ0n) is 18.4. The van der Waals surface area contributed by atoms with Gasteiger partial charge in [0.25, 0.3) is 0 Å². The Labute approximate surface area is 193 Å². The third-order valence-electron chi connectivity index (χ3n) is 5.43. The van der Waals surface area contributed by atoms with Crippen molar-refractivity contribution in [3.05, 3.63) is 53.7 Å². The molecule has 0 aliphatic heterocycles. The summed E-state index contributed by atoms with van der Waals surface area (Å²) >= 11 is 6.26. The highest BCUT2D eigenvalue weighted by Gasteiger charge is 2.18. The first-order valence-corrected chi connectivity index (χ1v) is 12.5. The first kappa shape index (κ1) is 22.6. The van der Waals surface area contributed by atoms with Crippen molar-refractivity contribution in [1.29, 1.82) is 0 Å². The highest BCUT2D eigenvalue weighted by atomic mass is 35.5. The van der Waals surface area contributed by atoms with Gasteiger partial charge in [0, 0.05) is 23.5 Å². The molecule has 0 radical (unpaired) electrons. The third-order valence-corrected chi connectivity index (χ3v) is 7.36. The summed E-state index contributed by atoms with van der Waals surface area (Å²) < 4.78 is 31.0. The number of hydrogen-bond acceptors (Lipinski definition) is 5. The van der Waals surface area contributed by atoms with Gasteiger partial charge in [-0.05, 0) is 62.0 Å². The van der Waals surface area contributed by atoms with E-state index in [9.17, 15) is 8.42 Å². The molecule has 0 aliphatic carbocycles. The van der Waals surface area contributed by atoms with Crippen LogP contribution in [0.4, 0.5) is 0 Å². The van der Waals surface area contributed by atoms with Gasteiger partial charge in [-0.1, -0.05) is 30.7 Å². The summed E-state index contributed by atoms with van der Waals surface area (Å²) in [5.41, 5.74) is 3.22. The van der Waals surface area contributed by atoms with E-state index >= 15 is 0 Å². The van der Waals surface area contributed by atoms with Gasteiger partial charge in [-0.25, -0.2) is 13.4 Å². The maximum Gasteiger partial charge on any atom is 0.178 e. The molecule has 0 fully saturated rings. The molecule has 6 nitrogen and oxygen atoms in total. The number of fused-ring (bicyclic) bond motifs is 3. The first-order valence-electron chi connectivity index (χ1n) is 10.5. The minimum Gasteiger partial charge on any atom is -0.491 e. The van der Waals surface area contributed by atoms with Crippen LogP contribution in [-0.4, -0.2) is 56.3 Å². The fraction of sp³-hybridized carbons (Fsp3) is 0.292. The minimum atomic E-state index is -3.32. The number of nitrogens with zero attached hydrogens (tertiary/aromatic N) is 2. The van der Waals surface area contributed by atoms with Crippen LogP contribution in [0, 0.1) is 0 Å². The lowest BCUT2D eigenvalue weighted by atomic mass is 9.99. The SMILES string of the molecule is CCS(=O)(=O)c1cccc(-c2ccc(OCCCN(C)C)c3[nH]c4ncc(Cl)cc4c23)c1. The maximum absolute atomic E-state index is 12.4. The van der Waals surface area contributed by atoms with Crippen molar-refractivity contribution in [2.24, 2.45) is 0 Å². The molecule has 0 atom stereocenters. The molecule has 2 aromatic heterocycles. The van der Waals surface area contributed by atoms with Crippen LogP contribution in [0.25, 0.3) is 33.1 Å². The predicted molar refractivity (Wildman–Crippen MR) is 130 cm³/mol. The van der Waals surface area contributed by atoms with Crippen molar-refractivity contribution in [2.75, 3.05) is 33.0 Å². The monoisotopic (exact) mass is 471 g/mol. The Morgan fingerprint density at radius 2 is 1.97 bits per heavy atom. The van der Waals surface area contributed by atoms with Crippen LogP contribution < -0.4 is 4.74 Å². The molecular weight excluding hydrogens is 446 g/mol. The molecule has 0 spiro atoms. The lowest BCUT2D eigenvalue weighted by Gasteiger charge is -2.13. The number of H-pyrrole nitrogens is 1. The number of aromatic amines is 1. The molecule has 2 aromatic carbocycles. The predicted octanol–water partition coefficient (Wildman–Crippen LogP) is 5.16. The number of pyridine rings is 1. The fourth-order valence-electron chi connectivity index (χ4n) is 3.78. The summed E-state index contributed by atoms with van der Waals surface area (Å²) in [7, 11) is 0.751. The third kappa shape index (κ3) is 4.46. The van der Waals surface area contributed by atoms with E-state index in [1.54, 1.807) is 31.3 Å². The van der Waals surface area contributed by atoms with Crippen LogP contribution in [0.15, 0.2) is 53.6 Å². The van der Waals surface area contributed by atoms with Crippen LogP contribution >= 0.6 is 11.6 Å². The zero-order valence-corrected chi connectivity index (χ0v) is 19.9. The van der Waals surface area contributed by atoms with Crippen molar-refractivity contribution >= 4 is 43.4 Å². The number of nitrogens with one attached hydrogen (secondary N) is 1. The molecule has 0 saturated carbocycles. The van der Waals surface area contributed by atoms with Crippen molar-refractivity contribution < 1.29 is 13.2 Å². The van der Waals surface area contributed by atoms with Gasteiger partial charge in [-0.2, -0.15) is 0 Å². The number of ether oxygens (including phenoxy) is 1. The van der Waals surface area contributed by atoms with Crippen molar-refractivity contribution in [3.63, 3.8) is 0 Å². The highest BCUT2D eigenvalue weighted by molar-refractivity contribution is 7.91. The summed E-state index contributed by atoms with van der Waals surface area (Å²) in [4.78, 5) is 10.2. The Morgan fingerprint density at radius 3 is 2.72 bits per heavy atom. The van der Waals surface area contributed by atoms with Crippen molar-refractivity contribution in [1.82, 2.24) is 14.9 Å². The van der Waals surface area contributed by atoms with Crippen LogP contribution in [0.1, 0.15) is 13.3 Å². The average molecular weight is 472 g/mol. The summed E-state index contributed by atoms with van der Waals surface area (Å²) in [6.45, 7) is 3.17. The summed E-state index contributed by atoms with van der Waals surface area (Å²) in [5.74, 6) is 0.784. The number of hydrogen-bond donors (Lipinski definition) is 1. The highest BCUT2D eigenvalue weighted by Crippen LogP contribution is 2.39. The number of rotatable bonds is 8. The maximum atomic E-state index is 12.4. The van der Waals surface area contributed by atoms with E-state index in [-0.39, 0.29) is 5.75 Å². The summed E-state index contributed by atoms with van der Waals surface area (Å²) in [5, 5.41) is 2.31. The Hall–Kier alpha value is -2.61. The van der Waals surface area contributed by atoms with Crippen LogP contribution in [0.3, 0.4) is 0 Å². The molecule has 0 unspecified atom stereocenters. The van der Waals surface area contributed by atoms with Gasteiger partial charge < -0.3 is 14.6 Å². The number of benzene rings is 2. The van der Waals surface area contributed by atoms with E-state index in [2.05, 4.69) is 14.9 Å². The molecule has 2 heterocycles. The summed E-state index contributed by atoms with van der Waals surface area (Å²) in [6, 6.07) is 12.8. The van der Waals surface area contributed by atoms with Crippen molar-refractivity contribution in [3.8, 4) is 16.9 Å². The Bertz CT molecular complexity index is 1380. The Balaban J connectivity index is 1.87. The molecule has 1 N–H and O–H groups in total. The minimum absolute atomic E-state index is 0.0538. The van der Waals surface area contributed by atoms with Crippen LogP contribution in [-0.2, 0) is 9.84 Å². The van der Waals surface area contributed by atoms with Crippen LogP contribution in [0.5, 0.6) is 5.75 Å². The first-order chi connectivity index (χ1) is 15.3. The molecule has 0 amide bonds. The molecular formula is C24H26ClN3O3S. The standard InChI is InChI=1S/C24H26ClN3O3S/c1-4-32(29,30)18-8-5-7-16(13-18)19-9-10-21(31-12-6-11-28(2)3)23-22(19)20-14-17(25)15-26-24(20)27-23/h5,7-10,13-15H,4,6,11-12H2,1-3H3,(H,26,27). The van der Waals surface area contributed by atoms with E-state index < -0.39 is 9.84 Å². The van der Waals surface area contributed by atoms with E-state index in [1.165, 1.54) is 0 Å². The molecule has 4 aromatic rings. The van der Waals surface area contributed by atoms with Gasteiger partial charge in [0.05, 0.1) is 27.8 Å². The van der Waals surface area contributed by atoms with E-state index in [0.717, 1.165) is 46.1 Å². The second-order valence-corrected chi connectivity index (χ2v) is 10.7. The topological polar surface area (TPSA) is 75.3 Å². The van der Waals surface area contributed by atoms with Crippen LogP contribution in [0.2, 0.25) is 5.02 Å². The van der Waals surface area contributed by atoms with Gasteiger partial charge in [0.2, 0.25) is 0 Å². The Morgan fingerprint density at radius 1 is 1.16 bits per heavy atom. The normalized spacial score (nSPS) is 12.2. The zero-order chi connectivity index (χ0) is 22.9. The molecule has 32 heavy (non-hydrogen) atoms. The smallest absolute Gasteiger partial charge is 0.178 e. The van der Waals surface area contributed by atoms with Gasteiger partial charge >= 0.3 is 0 Å². The van der Waals surface area contributed by atoms with Gasteiger partial charge in [-0.15, -0.1) is 0 Å². The van der Waals surface area contributed by atoms with E-state index in [1.807, 2.05) is 38.4 Å². The molecule has 8 heteroatoms.